The summed E-state index contributed by atoms with van der Waals surface area (Å²) in [6.45, 7) is 11.2. The number of amides is 2. The molecule has 4 aliphatic carbocycles. The van der Waals surface area contributed by atoms with Crippen LogP contribution in [0.15, 0.2) is 0 Å². The van der Waals surface area contributed by atoms with Gasteiger partial charge in [-0.15, -0.1) is 0 Å². The molecular formula is C32H53N3O3. The van der Waals surface area contributed by atoms with Crippen LogP contribution in [0, 0.1) is 52.3 Å². The fourth-order valence-corrected chi connectivity index (χ4v) is 11.2. The van der Waals surface area contributed by atoms with Crippen LogP contribution in [0.25, 0.3) is 0 Å². The summed E-state index contributed by atoms with van der Waals surface area (Å²) in [5.41, 5.74) is 0.723. The average Bonchev–Trinajstić information content (AvgIpc) is 3.31. The van der Waals surface area contributed by atoms with E-state index in [1.54, 1.807) is 14.1 Å². The van der Waals surface area contributed by atoms with Crippen LogP contribution in [0.4, 0.5) is 0 Å². The van der Waals surface area contributed by atoms with Gasteiger partial charge in [0.05, 0.1) is 6.10 Å². The fourth-order valence-electron chi connectivity index (χ4n) is 11.2. The zero-order valence-electron chi connectivity index (χ0n) is 24.9. The highest BCUT2D eigenvalue weighted by atomic mass is 16.5. The minimum Gasteiger partial charge on any atom is -0.357 e. The molecule has 0 aromatic rings. The fraction of sp³-hybridized carbons (Fsp3) is 0.938. The third kappa shape index (κ3) is 4.09. The lowest BCUT2D eigenvalue weighted by Gasteiger charge is -2.61. The molecule has 6 aliphatic rings. The largest absolute Gasteiger partial charge is 0.357 e. The van der Waals surface area contributed by atoms with E-state index in [2.05, 4.69) is 38.3 Å². The first-order chi connectivity index (χ1) is 18.0. The Balaban J connectivity index is 1.12. The Morgan fingerprint density at radius 1 is 0.947 bits per heavy atom. The van der Waals surface area contributed by atoms with Gasteiger partial charge in [0.15, 0.2) is 0 Å². The van der Waals surface area contributed by atoms with E-state index in [-0.39, 0.29) is 30.0 Å². The summed E-state index contributed by atoms with van der Waals surface area (Å²) < 4.78 is 7.06. The zero-order valence-corrected chi connectivity index (χ0v) is 24.9. The third-order valence-electron chi connectivity index (χ3n) is 13.3. The number of fused-ring (bicyclic) bond motifs is 7. The van der Waals surface area contributed by atoms with Gasteiger partial charge >= 0.3 is 0 Å². The minimum absolute atomic E-state index is 0.0327. The third-order valence-corrected chi connectivity index (χ3v) is 13.3. The van der Waals surface area contributed by atoms with E-state index in [1.807, 2.05) is 0 Å². The summed E-state index contributed by atoms with van der Waals surface area (Å²) in [6.07, 6.45) is 12.8. The molecule has 4 saturated carbocycles. The highest BCUT2D eigenvalue weighted by Crippen LogP contribution is 2.71. The van der Waals surface area contributed by atoms with Crippen molar-refractivity contribution in [3.63, 3.8) is 0 Å². The van der Waals surface area contributed by atoms with Crippen molar-refractivity contribution in [1.82, 2.24) is 15.5 Å². The maximum Gasteiger partial charge on any atom is 0.231 e. The van der Waals surface area contributed by atoms with Gasteiger partial charge in [-0.05, 0) is 111 Å². The summed E-state index contributed by atoms with van der Waals surface area (Å²) in [4.78, 5) is 26.0. The molecule has 2 amide bonds. The lowest BCUT2D eigenvalue weighted by Crippen LogP contribution is -2.58. The molecule has 0 aromatic heterocycles. The molecule has 6 heteroatoms. The van der Waals surface area contributed by atoms with Crippen LogP contribution in [0.1, 0.15) is 98.3 Å². The standard InChI is InChI=1S/C32H53N3O3/c1-19-9-14-32(33-18-19)20(2)29-26(38-32)16-25-23-8-7-21-15-22(34-27(36)17-28(37)35(5)6)10-12-30(21,3)24(23)11-13-31(25,29)4/h19-26,29,33H,7-18H2,1-6H3,(H,34,36)/t19-,20+,21+,22-,23-,24+,25+,26+,29+,30+,31+,32-/m1/s1. The summed E-state index contributed by atoms with van der Waals surface area (Å²) in [5, 5.41) is 7.12. The molecule has 6 nitrogen and oxygen atoms in total. The normalized spacial score (nSPS) is 51.5. The van der Waals surface area contributed by atoms with E-state index >= 15 is 0 Å². The number of hydrogen-bond acceptors (Lipinski definition) is 4. The van der Waals surface area contributed by atoms with Gasteiger partial charge in [-0.1, -0.05) is 27.7 Å². The first-order valence-electron chi connectivity index (χ1n) is 15.9. The van der Waals surface area contributed by atoms with Gasteiger partial charge in [-0.25, -0.2) is 0 Å². The van der Waals surface area contributed by atoms with Crippen LogP contribution in [-0.4, -0.2) is 55.2 Å². The van der Waals surface area contributed by atoms with Gasteiger partial charge in [0.1, 0.15) is 12.1 Å². The van der Waals surface area contributed by atoms with Crippen molar-refractivity contribution in [3.05, 3.63) is 0 Å². The molecule has 2 saturated heterocycles. The van der Waals surface area contributed by atoms with Crippen LogP contribution in [0.2, 0.25) is 0 Å². The number of hydrogen-bond donors (Lipinski definition) is 2. The molecule has 38 heavy (non-hydrogen) atoms. The van der Waals surface area contributed by atoms with Gasteiger partial charge in [0, 0.05) is 32.6 Å². The highest BCUT2D eigenvalue weighted by molar-refractivity contribution is 5.96. The smallest absolute Gasteiger partial charge is 0.231 e. The van der Waals surface area contributed by atoms with Gasteiger partial charge < -0.3 is 15.0 Å². The van der Waals surface area contributed by atoms with Crippen LogP contribution in [0.5, 0.6) is 0 Å². The Kier molecular flexibility index (Phi) is 6.74. The van der Waals surface area contributed by atoms with Gasteiger partial charge in [0.2, 0.25) is 11.8 Å². The maximum atomic E-state index is 12.5. The number of piperidine rings is 1. The monoisotopic (exact) mass is 527 g/mol. The molecule has 0 unspecified atom stereocenters. The predicted molar refractivity (Wildman–Crippen MR) is 149 cm³/mol. The molecule has 0 bridgehead atoms. The van der Waals surface area contributed by atoms with Crippen molar-refractivity contribution < 1.29 is 14.3 Å². The Bertz CT molecular complexity index is 944. The molecule has 2 N–H and O–H groups in total. The van der Waals surface area contributed by atoms with Crippen LogP contribution >= 0.6 is 0 Å². The van der Waals surface area contributed by atoms with Crippen LogP contribution < -0.4 is 10.6 Å². The number of nitrogens with zero attached hydrogens (tertiary/aromatic N) is 1. The Morgan fingerprint density at radius 2 is 1.71 bits per heavy atom. The molecule has 12 atom stereocenters. The second kappa shape index (κ2) is 9.46. The van der Waals surface area contributed by atoms with Crippen molar-refractivity contribution in [2.45, 2.75) is 116 Å². The molecule has 6 fully saturated rings. The van der Waals surface area contributed by atoms with E-state index in [0.29, 0.717) is 34.7 Å². The molecule has 0 radical (unpaired) electrons. The molecule has 1 spiro atoms. The second-order valence-corrected chi connectivity index (χ2v) is 15.3. The number of carbonyl (C=O) groups is 2. The van der Waals surface area contributed by atoms with E-state index in [1.165, 1.54) is 56.3 Å². The molecule has 6 rings (SSSR count). The van der Waals surface area contributed by atoms with Gasteiger partial charge in [-0.3, -0.25) is 14.9 Å². The molecule has 0 aromatic carbocycles. The predicted octanol–water partition coefficient (Wildman–Crippen LogP) is 4.97. The maximum absolute atomic E-state index is 12.5. The molecular weight excluding hydrogens is 474 g/mol. The summed E-state index contributed by atoms with van der Waals surface area (Å²) in [6, 6.07) is 0.225. The van der Waals surface area contributed by atoms with Crippen LogP contribution in [-0.2, 0) is 14.3 Å². The van der Waals surface area contributed by atoms with E-state index < -0.39 is 0 Å². The van der Waals surface area contributed by atoms with Crippen molar-refractivity contribution >= 4 is 11.8 Å². The Hall–Kier alpha value is -1.14. The number of carbonyl (C=O) groups excluding carboxylic acids is 2. The lowest BCUT2D eigenvalue weighted by molar-refractivity contribution is -0.138. The molecule has 2 aliphatic heterocycles. The number of ether oxygens (including phenoxy) is 1. The van der Waals surface area contributed by atoms with Crippen molar-refractivity contribution in [2.75, 3.05) is 20.6 Å². The van der Waals surface area contributed by atoms with E-state index in [9.17, 15) is 9.59 Å². The van der Waals surface area contributed by atoms with E-state index in [4.69, 9.17) is 4.74 Å². The second-order valence-electron chi connectivity index (χ2n) is 15.3. The number of nitrogens with one attached hydrogen (secondary N) is 2. The molecule has 2 heterocycles. The molecule has 214 valence electrons. The number of rotatable bonds is 3. The zero-order chi connectivity index (χ0) is 27.0. The van der Waals surface area contributed by atoms with Crippen LogP contribution in [0.3, 0.4) is 0 Å². The quantitative estimate of drug-likeness (QED) is 0.509. The van der Waals surface area contributed by atoms with Crippen molar-refractivity contribution in [1.29, 1.82) is 0 Å². The van der Waals surface area contributed by atoms with Gasteiger partial charge in [0.25, 0.3) is 0 Å². The summed E-state index contributed by atoms with van der Waals surface area (Å²) in [5.74, 6) is 4.94. The lowest BCUT2D eigenvalue weighted by atomic mass is 9.44. The topological polar surface area (TPSA) is 70.7 Å². The Morgan fingerprint density at radius 3 is 2.42 bits per heavy atom. The highest BCUT2D eigenvalue weighted by Gasteiger charge is 2.68. The first kappa shape index (κ1) is 27.1. The van der Waals surface area contributed by atoms with Gasteiger partial charge in [-0.2, -0.15) is 0 Å². The first-order valence-corrected chi connectivity index (χ1v) is 15.9. The van der Waals surface area contributed by atoms with E-state index in [0.717, 1.165) is 43.1 Å². The van der Waals surface area contributed by atoms with Crippen molar-refractivity contribution in [2.24, 2.45) is 52.3 Å². The summed E-state index contributed by atoms with van der Waals surface area (Å²) in [7, 11) is 3.43. The Labute approximate surface area is 230 Å². The minimum atomic E-state index is -0.117. The van der Waals surface area contributed by atoms with Crippen molar-refractivity contribution in [3.8, 4) is 0 Å². The average molecular weight is 528 g/mol. The SMILES string of the molecule is C[C@@H]1CC[C@@]2(NC1)O[C@H]1C[C@H]3[C@@H]4CC[C@H]5C[C@H](NC(=O)CC(=O)N(C)C)CC[C@]5(C)[C@H]4CC[C@]3(C)[C@H]1[C@@H]2C. The summed E-state index contributed by atoms with van der Waals surface area (Å²) >= 11 is 0.